The number of carbonyl (C=O) groups is 1. The fraction of sp³-hybridized carbons (Fsp3) is 0.250. The maximum atomic E-state index is 10.6. The lowest BCUT2D eigenvalue weighted by molar-refractivity contribution is -0.109. The van der Waals surface area contributed by atoms with Crippen molar-refractivity contribution in [2.75, 3.05) is 5.75 Å². The molecule has 0 aliphatic heterocycles. The summed E-state index contributed by atoms with van der Waals surface area (Å²) < 4.78 is 0. The summed E-state index contributed by atoms with van der Waals surface area (Å²) in [5.41, 5.74) is 2.02. The molecule has 0 amide bonds. The molecule has 0 saturated carbocycles. The summed E-state index contributed by atoms with van der Waals surface area (Å²) in [4.78, 5) is 10.6. The molecule has 0 spiro atoms. The first kappa shape index (κ1) is 12.2. The molecule has 1 nitrogen and oxygen atoms in total. The van der Waals surface area contributed by atoms with E-state index in [1.165, 1.54) is 11.8 Å². The Morgan fingerprint density at radius 2 is 2.27 bits per heavy atom. The van der Waals surface area contributed by atoms with Gasteiger partial charge in [0.1, 0.15) is 0 Å². The smallest absolute Gasteiger partial charge is 0.186 e. The highest BCUT2D eigenvalue weighted by Gasteiger charge is 1.95. The van der Waals surface area contributed by atoms with Crippen LogP contribution in [0.15, 0.2) is 18.2 Å². The van der Waals surface area contributed by atoms with Crippen molar-refractivity contribution in [3.63, 3.8) is 0 Å². The summed E-state index contributed by atoms with van der Waals surface area (Å²) in [7, 11) is 0. The van der Waals surface area contributed by atoms with E-state index in [2.05, 4.69) is 11.8 Å². The Morgan fingerprint density at radius 1 is 1.53 bits per heavy atom. The van der Waals surface area contributed by atoms with Crippen molar-refractivity contribution in [2.45, 2.75) is 13.8 Å². The van der Waals surface area contributed by atoms with Crippen LogP contribution in [-0.4, -0.2) is 10.9 Å². The Hall–Kier alpha value is -0.910. The van der Waals surface area contributed by atoms with E-state index in [4.69, 9.17) is 11.6 Å². The highest BCUT2D eigenvalue weighted by atomic mass is 35.5. The summed E-state index contributed by atoms with van der Waals surface area (Å²) in [6, 6.07) is 5.59. The molecule has 0 bridgehead atoms. The monoisotopic (exact) mass is 238 g/mol. The van der Waals surface area contributed by atoms with Gasteiger partial charge in [-0.15, -0.1) is 0 Å². The highest BCUT2D eigenvalue weighted by Crippen LogP contribution is 2.14. The molecule has 1 aromatic rings. The Labute approximate surface area is 99.2 Å². The van der Waals surface area contributed by atoms with Crippen molar-refractivity contribution in [2.24, 2.45) is 0 Å². The molecule has 1 aromatic carbocycles. The largest absolute Gasteiger partial charge is 0.288 e. The highest BCUT2D eigenvalue weighted by molar-refractivity contribution is 8.13. The van der Waals surface area contributed by atoms with E-state index in [-0.39, 0.29) is 5.12 Å². The maximum Gasteiger partial charge on any atom is 0.186 e. The van der Waals surface area contributed by atoms with Gasteiger partial charge in [0.2, 0.25) is 0 Å². The second kappa shape index (κ2) is 5.85. The van der Waals surface area contributed by atoms with Crippen molar-refractivity contribution in [3.05, 3.63) is 34.3 Å². The van der Waals surface area contributed by atoms with Gasteiger partial charge in [0.25, 0.3) is 0 Å². The van der Waals surface area contributed by atoms with E-state index in [1.54, 1.807) is 6.92 Å². The Kier molecular flexibility index (Phi) is 4.74. The third kappa shape index (κ3) is 4.42. The van der Waals surface area contributed by atoms with Gasteiger partial charge >= 0.3 is 0 Å². The molecular formula is C12H11ClOS. The maximum absolute atomic E-state index is 10.6. The lowest BCUT2D eigenvalue weighted by Gasteiger charge is -1.97. The number of hydrogen-bond acceptors (Lipinski definition) is 2. The number of hydrogen-bond donors (Lipinski definition) is 0. The van der Waals surface area contributed by atoms with Crippen LogP contribution in [-0.2, 0) is 4.79 Å². The number of halogens is 1. The van der Waals surface area contributed by atoms with Crippen LogP contribution >= 0.6 is 23.4 Å². The van der Waals surface area contributed by atoms with Crippen LogP contribution in [0.1, 0.15) is 18.1 Å². The van der Waals surface area contributed by atoms with Gasteiger partial charge in [-0.3, -0.25) is 4.79 Å². The van der Waals surface area contributed by atoms with Crippen LogP contribution in [0, 0.1) is 18.8 Å². The molecule has 1 rings (SSSR count). The minimum absolute atomic E-state index is 0.0946. The summed E-state index contributed by atoms with van der Waals surface area (Å²) in [5, 5.41) is 0.813. The summed E-state index contributed by atoms with van der Waals surface area (Å²) in [5.74, 6) is 6.50. The third-order valence-electron chi connectivity index (χ3n) is 1.76. The fourth-order valence-electron chi connectivity index (χ4n) is 1.04. The SMILES string of the molecule is CC(=O)SCC#Cc1ccc(Cl)cc1C. The van der Waals surface area contributed by atoms with E-state index in [1.807, 2.05) is 25.1 Å². The average molecular weight is 239 g/mol. The lowest BCUT2D eigenvalue weighted by Crippen LogP contribution is -1.84. The summed E-state index contributed by atoms with van der Waals surface area (Å²) >= 11 is 7.04. The molecule has 3 heteroatoms. The van der Waals surface area contributed by atoms with Crippen molar-refractivity contribution in [1.82, 2.24) is 0 Å². The van der Waals surface area contributed by atoms with E-state index in [9.17, 15) is 4.79 Å². The van der Waals surface area contributed by atoms with Crippen LogP contribution in [0.5, 0.6) is 0 Å². The van der Waals surface area contributed by atoms with Gasteiger partial charge in [-0.2, -0.15) is 0 Å². The van der Waals surface area contributed by atoms with E-state index >= 15 is 0 Å². The van der Waals surface area contributed by atoms with Gasteiger partial charge in [-0.05, 0) is 30.7 Å². The number of aryl methyl sites for hydroxylation is 1. The molecule has 0 aliphatic rings. The molecule has 0 heterocycles. The minimum atomic E-state index is 0.0946. The predicted octanol–water partition coefficient (Wildman–Crippen LogP) is 3.28. The van der Waals surface area contributed by atoms with E-state index in [0.717, 1.165) is 16.1 Å². The van der Waals surface area contributed by atoms with Crippen molar-refractivity contribution in [3.8, 4) is 11.8 Å². The van der Waals surface area contributed by atoms with Gasteiger partial charge in [-0.1, -0.05) is 35.2 Å². The first-order valence-corrected chi connectivity index (χ1v) is 5.84. The Bertz CT molecular complexity index is 429. The predicted molar refractivity (Wildman–Crippen MR) is 66.2 cm³/mol. The lowest BCUT2D eigenvalue weighted by atomic mass is 10.1. The molecule has 0 unspecified atom stereocenters. The number of benzene rings is 1. The first-order valence-electron chi connectivity index (χ1n) is 4.48. The second-order valence-corrected chi connectivity index (χ2v) is 4.63. The molecule has 0 fully saturated rings. The molecule has 15 heavy (non-hydrogen) atoms. The van der Waals surface area contributed by atoms with Crippen LogP contribution in [0.2, 0.25) is 5.02 Å². The van der Waals surface area contributed by atoms with Gasteiger partial charge in [-0.25, -0.2) is 0 Å². The van der Waals surface area contributed by atoms with Crippen LogP contribution in [0.3, 0.4) is 0 Å². The molecule has 0 atom stereocenters. The first-order chi connectivity index (χ1) is 7.09. The Morgan fingerprint density at radius 3 is 2.87 bits per heavy atom. The quantitative estimate of drug-likeness (QED) is 0.699. The number of rotatable bonds is 1. The summed E-state index contributed by atoms with van der Waals surface area (Å²) in [6.07, 6.45) is 0. The topological polar surface area (TPSA) is 17.1 Å². The third-order valence-corrected chi connectivity index (χ3v) is 2.69. The normalized spacial score (nSPS) is 9.27. The van der Waals surface area contributed by atoms with Gasteiger partial charge in [0, 0.05) is 17.5 Å². The van der Waals surface area contributed by atoms with Crippen LogP contribution < -0.4 is 0 Å². The zero-order chi connectivity index (χ0) is 11.3. The van der Waals surface area contributed by atoms with E-state index in [0.29, 0.717) is 5.75 Å². The van der Waals surface area contributed by atoms with Crippen molar-refractivity contribution >= 4 is 28.5 Å². The zero-order valence-electron chi connectivity index (χ0n) is 8.63. The standard InChI is InChI=1S/C12H11ClOS/c1-9-8-12(13)6-5-11(9)4-3-7-15-10(2)14/h5-6,8H,7H2,1-2H3. The molecule has 78 valence electrons. The molecule has 0 aromatic heterocycles. The van der Waals surface area contributed by atoms with Crippen LogP contribution in [0.25, 0.3) is 0 Å². The van der Waals surface area contributed by atoms with Gasteiger partial charge in [0.05, 0.1) is 5.75 Å². The zero-order valence-corrected chi connectivity index (χ0v) is 10.2. The van der Waals surface area contributed by atoms with E-state index < -0.39 is 0 Å². The molecule has 0 aliphatic carbocycles. The molecular weight excluding hydrogens is 228 g/mol. The Balaban J connectivity index is 2.67. The van der Waals surface area contributed by atoms with Gasteiger partial charge < -0.3 is 0 Å². The minimum Gasteiger partial charge on any atom is -0.288 e. The van der Waals surface area contributed by atoms with Gasteiger partial charge in [0.15, 0.2) is 5.12 Å². The molecule has 0 N–H and O–H groups in total. The molecule has 0 saturated heterocycles. The number of carbonyl (C=O) groups excluding carboxylic acids is 1. The van der Waals surface area contributed by atoms with Crippen LogP contribution in [0.4, 0.5) is 0 Å². The number of thioether (sulfide) groups is 1. The van der Waals surface area contributed by atoms with Crippen molar-refractivity contribution in [1.29, 1.82) is 0 Å². The second-order valence-electron chi connectivity index (χ2n) is 3.04. The van der Waals surface area contributed by atoms with Crippen molar-refractivity contribution < 1.29 is 4.79 Å². The fourth-order valence-corrected chi connectivity index (χ4v) is 1.61. The average Bonchev–Trinajstić information content (AvgIpc) is 2.14. The summed E-state index contributed by atoms with van der Waals surface area (Å²) in [6.45, 7) is 3.51. The molecule has 0 radical (unpaired) electrons.